The summed E-state index contributed by atoms with van der Waals surface area (Å²) in [5.74, 6) is -0.597. The molecule has 0 radical (unpaired) electrons. The third-order valence-electron chi connectivity index (χ3n) is 5.74. The molecule has 2 heterocycles. The molecule has 0 fully saturated rings. The predicted octanol–water partition coefficient (Wildman–Crippen LogP) is 4.54. The van der Waals surface area contributed by atoms with E-state index in [1.54, 1.807) is 18.2 Å². The van der Waals surface area contributed by atoms with E-state index in [0.29, 0.717) is 29.0 Å². The number of hydrogen-bond acceptors (Lipinski definition) is 6. The molecule has 5 rings (SSSR count). The van der Waals surface area contributed by atoms with Gasteiger partial charge in [-0.15, -0.1) is 0 Å². The molecule has 1 aliphatic heterocycles. The van der Waals surface area contributed by atoms with Crippen molar-refractivity contribution in [3.8, 4) is 5.75 Å². The van der Waals surface area contributed by atoms with Gasteiger partial charge in [0, 0.05) is 35.5 Å². The van der Waals surface area contributed by atoms with Crippen LogP contribution in [0, 0.1) is 0 Å². The highest BCUT2D eigenvalue weighted by Gasteiger charge is 2.29. The minimum absolute atomic E-state index is 0.0243. The van der Waals surface area contributed by atoms with E-state index in [1.807, 2.05) is 49.4 Å². The number of fused-ring (bicyclic) bond motifs is 5. The minimum atomic E-state index is -0.613. The first-order chi connectivity index (χ1) is 16.0. The van der Waals surface area contributed by atoms with Crippen LogP contribution in [0.25, 0.3) is 21.8 Å². The minimum Gasteiger partial charge on any atom is -0.485 e. The number of carbonyl (C=O) groups excluding carboxylic acids is 3. The largest absolute Gasteiger partial charge is 0.485 e. The van der Waals surface area contributed by atoms with Gasteiger partial charge in [0.25, 0.3) is 0 Å². The standard InChI is InChI=1S/C26H20N2O5/c1-3-28-21-11-9-17(24(30)16-7-5-4-6-8-16)13-19(21)23-22(28)12-10-18-25(31)20(14-32-26(18)23)27-33-15(2)29/h4-13H,3,14H2,1-2H3/b27-20+. The first-order valence-electron chi connectivity index (χ1n) is 10.6. The highest BCUT2D eigenvalue weighted by atomic mass is 16.7. The van der Waals surface area contributed by atoms with E-state index in [0.717, 1.165) is 21.8 Å². The van der Waals surface area contributed by atoms with Crippen LogP contribution in [-0.2, 0) is 16.2 Å². The van der Waals surface area contributed by atoms with Gasteiger partial charge in [0.1, 0.15) is 12.4 Å². The summed E-state index contributed by atoms with van der Waals surface area (Å²) in [7, 11) is 0. The number of nitrogens with zero attached hydrogens (tertiary/aromatic N) is 2. The Morgan fingerprint density at radius 3 is 2.52 bits per heavy atom. The number of Topliss-reactive ketones (excluding diaryl/α,β-unsaturated/α-hetero) is 1. The number of ether oxygens (including phenoxy) is 1. The second-order valence-corrected chi connectivity index (χ2v) is 7.75. The molecule has 1 aliphatic rings. The average Bonchev–Trinajstić information content (AvgIpc) is 3.16. The molecule has 3 aromatic carbocycles. The Hall–Kier alpha value is -4.26. The smallest absolute Gasteiger partial charge is 0.331 e. The molecular weight excluding hydrogens is 420 g/mol. The van der Waals surface area contributed by atoms with E-state index >= 15 is 0 Å². The fourth-order valence-corrected chi connectivity index (χ4v) is 4.27. The van der Waals surface area contributed by atoms with Crippen molar-refractivity contribution in [2.75, 3.05) is 6.61 Å². The van der Waals surface area contributed by atoms with Gasteiger partial charge >= 0.3 is 5.97 Å². The predicted molar refractivity (Wildman–Crippen MR) is 124 cm³/mol. The molecule has 164 valence electrons. The Morgan fingerprint density at radius 1 is 1.03 bits per heavy atom. The van der Waals surface area contributed by atoms with Gasteiger partial charge in [0.2, 0.25) is 5.78 Å². The van der Waals surface area contributed by atoms with Crippen molar-refractivity contribution >= 4 is 45.1 Å². The number of oxime groups is 1. The number of rotatable bonds is 4. The lowest BCUT2D eigenvalue weighted by molar-refractivity contribution is -0.140. The van der Waals surface area contributed by atoms with Crippen LogP contribution in [-0.4, -0.2) is 34.4 Å². The summed E-state index contributed by atoms with van der Waals surface area (Å²) in [5, 5.41) is 5.24. The Balaban J connectivity index is 1.70. The average molecular weight is 440 g/mol. The molecule has 4 aromatic rings. The van der Waals surface area contributed by atoms with Crippen molar-refractivity contribution in [3.05, 3.63) is 77.4 Å². The molecule has 0 saturated carbocycles. The monoisotopic (exact) mass is 440 g/mol. The van der Waals surface area contributed by atoms with Gasteiger partial charge in [0.05, 0.1) is 16.5 Å². The summed E-state index contributed by atoms with van der Waals surface area (Å²) in [6.07, 6.45) is 0. The lowest BCUT2D eigenvalue weighted by Crippen LogP contribution is -2.28. The van der Waals surface area contributed by atoms with Gasteiger partial charge in [0.15, 0.2) is 11.5 Å². The van der Waals surface area contributed by atoms with Gasteiger partial charge in [-0.05, 0) is 37.3 Å². The zero-order valence-corrected chi connectivity index (χ0v) is 18.1. The fraction of sp³-hybridized carbons (Fsp3) is 0.154. The first kappa shape index (κ1) is 20.6. The summed E-state index contributed by atoms with van der Waals surface area (Å²) in [4.78, 5) is 41.8. The van der Waals surface area contributed by atoms with Crippen LogP contribution >= 0.6 is 0 Å². The van der Waals surface area contributed by atoms with Crippen LogP contribution in [0.15, 0.2) is 65.8 Å². The van der Waals surface area contributed by atoms with Gasteiger partial charge < -0.3 is 14.1 Å². The van der Waals surface area contributed by atoms with Crippen LogP contribution < -0.4 is 4.74 Å². The van der Waals surface area contributed by atoms with Crippen molar-refractivity contribution in [2.24, 2.45) is 5.16 Å². The van der Waals surface area contributed by atoms with Crippen molar-refractivity contribution in [1.82, 2.24) is 4.57 Å². The molecule has 0 aliphatic carbocycles. The number of ketones is 2. The van der Waals surface area contributed by atoms with E-state index in [9.17, 15) is 14.4 Å². The summed E-state index contributed by atoms with van der Waals surface area (Å²) in [6, 6.07) is 18.3. The number of aromatic nitrogens is 1. The topological polar surface area (TPSA) is 87.0 Å². The molecule has 7 nitrogen and oxygen atoms in total. The molecule has 0 saturated heterocycles. The van der Waals surface area contributed by atoms with Crippen LogP contribution in [0.2, 0.25) is 0 Å². The quantitative estimate of drug-likeness (QED) is 0.264. The van der Waals surface area contributed by atoms with Gasteiger partial charge in [-0.1, -0.05) is 35.5 Å². The van der Waals surface area contributed by atoms with Gasteiger partial charge in [-0.3, -0.25) is 9.59 Å². The normalized spacial score (nSPS) is 14.4. The Labute approximate surface area is 189 Å². The molecule has 0 atom stereocenters. The second kappa shape index (κ2) is 8.02. The molecule has 0 N–H and O–H groups in total. The van der Waals surface area contributed by atoms with E-state index in [1.165, 1.54) is 6.92 Å². The molecular formula is C26H20N2O5. The highest BCUT2D eigenvalue weighted by molar-refractivity contribution is 6.48. The lowest BCUT2D eigenvalue weighted by atomic mass is 9.98. The SMILES string of the molecule is CCn1c2ccc(C(=O)c3ccccc3)cc2c2c3c(ccc21)C(=O)/C(=N/OC(C)=O)CO3. The fourth-order valence-electron chi connectivity index (χ4n) is 4.27. The zero-order chi connectivity index (χ0) is 23.1. The van der Waals surface area contributed by atoms with E-state index in [-0.39, 0.29) is 23.9 Å². The zero-order valence-electron chi connectivity index (χ0n) is 18.1. The van der Waals surface area contributed by atoms with Crippen LogP contribution in [0.1, 0.15) is 40.1 Å². The van der Waals surface area contributed by atoms with Gasteiger partial charge in [-0.2, -0.15) is 0 Å². The summed E-state index contributed by atoms with van der Waals surface area (Å²) in [5.41, 5.74) is 3.38. The number of hydrogen-bond donors (Lipinski definition) is 0. The summed E-state index contributed by atoms with van der Waals surface area (Å²) < 4.78 is 8.08. The second-order valence-electron chi connectivity index (χ2n) is 7.75. The van der Waals surface area contributed by atoms with E-state index in [2.05, 4.69) is 14.6 Å². The van der Waals surface area contributed by atoms with Crippen LogP contribution in [0.4, 0.5) is 0 Å². The molecule has 1 aromatic heterocycles. The Kier molecular flexibility index (Phi) is 5.01. The van der Waals surface area contributed by atoms with Gasteiger partial charge in [-0.25, -0.2) is 4.79 Å². The maximum Gasteiger partial charge on any atom is 0.331 e. The lowest BCUT2D eigenvalue weighted by Gasteiger charge is -2.18. The molecule has 0 unspecified atom stereocenters. The van der Waals surface area contributed by atoms with Crippen LogP contribution in [0.5, 0.6) is 5.75 Å². The van der Waals surface area contributed by atoms with Crippen molar-refractivity contribution in [3.63, 3.8) is 0 Å². The van der Waals surface area contributed by atoms with Crippen LogP contribution in [0.3, 0.4) is 0 Å². The summed E-state index contributed by atoms with van der Waals surface area (Å²) in [6.45, 7) is 3.85. The Morgan fingerprint density at radius 2 is 1.79 bits per heavy atom. The summed E-state index contributed by atoms with van der Waals surface area (Å²) >= 11 is 0. The van der Waals surface area contributed by atoms with E-state index < -0.39 is 5.97 Å². The molecule has 0 bridgehead atoms. The van der Waals surface area contributed by atoms with Crippen molar-refractivity contribution < 1.29 is 24.0 Å². The van der Waals surface area contributed by atoms with Crippen molar-refractivity contribution in [1.29, 1.82) is 0 Å². The maximum atomic E-state index is 13.1. The highest BCUT2D eigenvalue weighted by Crippen LogP contribution is 2.40. The molecule has 33 heavy (non-hydrogen) atoms. The Bertz CT molecular complexity index is 1480. The number of aryl methyl sites for hydroxylation is 1. The maximum absolute atomic E-state index is 13.1. The molecule has 7 heteroatoms. The first-order valence-corrected chi connectivity index (χ1v) is 10.6. The van der Waals surface area contributed by atoms with E-state index in [4.69, 9.17) is 4.74 Å². The van der Waals surface area contributed by atoms with Crippen molar-refractivity contribution in [2.45, 2.75) is 20.4 Å². The third-order valence-corrected chi connectivity index (χ3v) is 5.74. The number of carbonyl (C=O) groups is 3. The molecule has 0 spiro atoms. The third kappa shape index (κ3) is 3.38. The molecule has 0 amide bonds. The number of benzene rings is 3.